The van der Waals surface area contributed by atoms with Crippen molar-refractivity contribution in [3.05, 3.63) is 89.5 Å². The lowest BCUT2D eigenvalue weighted by atomic mass is 9.72. The van der Waals surface area contributed by atoms with Crippen LogP contribution in [0.5, 0.6) is 11.5 Å². The molecule has 1 spiro atoms. The molecule has 30 heavy (non-hydrogen) atoms. The first-order valence-electron chi connectivity index (χ1n) is 10.3. The fraction of sp³-hybridized carbons (Fsp3) is 0.240. The number of hydrogen-bond acceptors (Lipinski definition) is 4. The second-order valence-corrected chi connectivity index (χ2v) is 8.23. The van der Waals surface area contributed by atoms with Gasteiger partial charge >= 0.3 is 0 Å². The lowest BCUT2D eigenvalue weighted by molar-refractivity contribution is -0.123. The third kappa shape index (κ3) is 2.30. The van der Waals surface area contributed by atoms with Crippen LogP contribution in [0.15, 0.2) is 72.8 Å². The molecule has 1 saturated heterocycles. The summed E-state index contributed by atoms with van der Waals surface area (Å²) in [5.41, 5.74) is 3.68. The van der Waals surface area contributed by atoms with Gasteiger partial charge in [0.1, 0.15) is 0 Å². The van der Waals surface area contributed by atoms with E-state index in [1.54, 1.807) is 0 Å². The normalized spacial score (nSPS) is 26.4. The first-order valence-corrected chi connectivity index (χ1v) is 10.3. The monoisotopic (exact) mass is 398 g/mol. The molecule has 3 aliphatic rings. The highest BCUT2D eigenvalue weighted by atomic mass is 16.7. The second kappa shape index (κ2) is 6.34. The zero-order valence-electron chi connectivity index (χ0n) is 16.7. The van der Waals surface area contributed by atoms with Crippen LogP contribution in [0.25, 0.3) is 0 Å². The molecule has 3 aliphatic heterocycles. The maximum absolute atomic E-state index is 13.8. The molecule has 3 aromatic carbocycles. The Balaban J connectivity index is 1.50. The SMILES string of the molecule is CN1C(=O)[C@]2(C[C@@H](c3ccc4c(c3)OCO4)N[C@H]2c2ccccc2)c2ccccc21. The molecule has 3 heterocycles. The Bertz CT molecular complexity index is 1150. The number of nitrogens with zero attached hydrogens (tertiary/aromatic N) is 1. The molecule has 1 fully saturated rings. The Hall–Kier alpha value is -3.31. The number of anilines is 1. The van der Waals surface area contributed by atoms with Crippen LogP contribution in [0.3, 0.4) is 0 Å². The van der Waals surface area contributed by atoms with Crippen molar-refractivity contribution in [3.8, 4) is 11.5 Å². The van der Waals surface area contributed by atoms with Crippen molar-refractivity contribution in [3.63, 3.8) is 0 Å². The van der Waals surface area contributed by atoms with Crippen LogP contribution in [0.4, 0.5) is 5.69 Å². The number of carbonyl (C=O) groups excluding carboxylic acids is 1. The molecule has 0 aromatic heterocycles. The van der Waals surface area contributed by atoms with Gasteiger partial charge in [-0.15, -0.1) is 0 Å². The van der Waals surface area contributed by atoms with Gasteiger partial charge < -0.3 is 19.7 Å². The number of benzene rings is 3. The van der Waals surface area contributed by atoms with E-state index in [0.717, 1.165) is 33.9 Å². The highest BCUT2D eigenvalue weighted by Crippen LogP contribution is 2.57. The van der Waals surface area contributed by atoms with E-state index in [9.17, 15) is 4.79 Å². The highest BCUT2D eigenvalue weighted by molar-refractivity contribution is 6.08. The van der Waals surface area contributed by atoms with Crippen molar-refractivity contribution in [2.24, 2.45) is 0 Å². The average molecular weight is 398 g/mol. The molecule has 0 radical (unpaired) electrons. The zero-order chi connectivity index (χ0) is 20.3. The molecule has 1 N–H and O–H groups in total. The predicted molar refractivity (Wildman–Crippen MR) is 114 cm³/mol. The Morgan fingerprint density at radius 3 is 2.57 bits per heavy atom. The number of likely N-dealkylation sites (N-methyl/N-ethyl adjacent to an activating group) is 1. The van der Waals surface area contributed by atoms with E-state index in [4.69, 9.17) is 9.47 Å². The minimum Gasteiger partial charge on any atom is -0.454 e. The van der Waals surface area contributed by atoms with Crippen molar-refractivity contribution in [1.82, 2.24) is 5.32 Å². The molecule has 0 bridgehead atoms. The largest absolute Gasteiger partial charge is 0.454 e. The van der Waals surface area contributed by atoms with Crippen LogP contribution in [0, 0.1) is 0 Å². The third-order valence-corrected chi connectivity index (χ3v) is 6.75. The highest BCUT2D eigenvalue weighted by Gasteiger charge is 2.59. The number of rotatable bonds is 2. The van der Waals surface area contributed by atoms with Crippen molar-refractivity contribution in [2.75, 3.05) is 18.7 Å². The van der Waals surface area contributed by atoms with Gasteiger partial charge in [0.25, 0.3) is 0 Å². The number of nitrogens with one attached hydrogen (secondary N) is 1. The van der Waals surface area contributed by atoms with E-state index >= 15 is 0 Å². The van der Waals surface area contributed by atoms with Crippen LogP contribution in [0.2, 0.25) is 0 Å². The van der Waals surface area contributed by atoms with Gasteiger partial charge in [-0.2, -0.15) is 0 Å². The van der Waals surface area contributed by atoms with E-state index in [-0.39, 0.29) is 24.8 Å². The summed E-state index contributed by atoms with van der Waals surface area (Å²) < 4.78 is 11.1. The van der Waals surface area contributed by atoms with E-state index in [1.165, 1.54) is 0 Å². The molecular weight excluding hydrogens is 376 g/mol. The van der Waals surface area contributed by atoms with Crippen molar-refractivity contribution in [2.45, 2.75) is 23.9 Å². The first kappa shape index (κ1) is 17.5. The molecule has 6 rings (SSSR count). The summed E-state index contributed by atoms with van der Waals surface area (Å²) in [6.45, 7) is 0.254. The fourth-order valence-electron chi connectivity index (χ4n) is 5.36. The van der Waals surface area contributed by atoms with Crippen molar-refractivity contribution >= 4 is 11.6 Å². The fourth-order valence-corrected chi connectivity index (χ4v) is 5.36. The van der Waals surface area contributed by atoms with Gasteiger partial charge in [-0.05, 0) is 41.3 Å². The van der Waals surface area contributed by atoms with Crippen LogP contribution in [-0.4, -0.2) is 19.7 Å². The molecule has 1 amide bonds. The third-order valence-electron chi connectivity index (χ3n) is 6.75. The Morgan fingerprint density at radius 2 is 1.70 bits per heavy atom. The number of fused-ring (bicyclic) bond motifs is 3. The van der Waals surface area contributed by atoms with Crippen LogP contribution >= 0.6 is 0 Å². The average Bonchev–Trinajstić information content (AvgIpc) is 3.48. The summed E-state index contributed by atoms with van der Waals surface area (Å²) >= 11 is 0. The van der Waals surface area contributed by atoms with Gasteiger partial charge in [-0.1, -0.05) is 54.6 Å². The number of carbonyl (C=O) groups is 1. The first-order chi connectivity index (χ1) is 14.7. The number of ether oxygens (including phenoxy) is 2. The summed E-state index contributed by atoms with van der Waals surface area (Å²) in [6, 6.07) is 24.4. The summed E-state index contributed by atoms with van der Waals surface area (Å²) in [5.74, 6) is 1.68. The van der Waals surface area contributed by atoms with Crippen LogP contribution in [0.1, 0.15) is 35.2 Å². The molecule has 0 unspecified atom stereocenters. The smallest absolute Gasteiger partial charge is 0.239 e. The summed E-state index contributed by atoms with van der Waals surface area (Å²) in [5, 5.41) is 3.80. The molecule has 150 valence electrons. The van der Waals surface area contributed by atoms with Gasteiger partial charge in [0, 0.05) is 18.8 Å². The predicted octanol–water partition coefficient (Wildman–Crippen LogP) is 4.11. The quantitative estimate of drug-likeness (QED) is 0.706. The molecule has 5 heteroatoms. The molecule has 3 aromatic rings. The van der Waals surface area contributed by atoms with Gasteiger partial charge in [-0.25, -0.2) is 0 Å². The van der Waals surface area contributed by atoms with Gasteiger partial charge in [-0.3, -0.25) is 4.79 Å². The summed E-state index contributed by atoms with van der Waals surface area (Å²) in [7, 11) is 1.88. The van der Waals surface area contributed by atoms with E-state index in [2.05, 4.69) is 29.6 Å². The number of amides is 1. The standard InChI is InChI=1S/C25H22N2O3/c1-27-20-10-6-5-9-18(20)25(24(27)28)14-19(26-23(25)16-7-3-2-4-8-16)17-11-12-21-22(13-17)30-15-29-21/h2-13,19,23,26H,14-15H2,1H3/t19-,23-,25+/m0/s1. The Morgan fingerprint density at radius 1 is 0.933 bits per heavy atom. The Labute approximate surface area is 175 Å². The summed E-state index contributed by atoms with van der Waals surface area (Å²) in [6.07, 6.45) is 0.687. The lowest BCUT2D eigenvalue weighted by Gasteiger charge is -2.30. The number of hydrogen-bond donors (Lipinski definition) is 1. The van der Waals surface area contributed by atoms with Crippen LogP contribution in [-0.2, 0) is 10.2 Å². The molecule has 0 saturated carbocycles. The van der Waals surface area contributed by atoms with Crippen LogP contribution < -0.4 is 19.7 Å². The van der Waals surface area contributed by atoms with Gasteiger partial charge in [0.2, 0.25) is 12.7 Å². The number of para-hydroxylation sites is 1. The van der Waals surface area contributed by atoms with Gasteiger partial charge in [0.05, 0.1) is 11.5 Å². The van der Waals surface area contributed by atoms with Crippen molar-refractivity contribution in [1.29, 1.82) is 0 Å². The molecular formula is C25H22N2O3. The van der Waals surface area contributed by atoms with Crippen molar-refractivity contribution < 1.29 is 14.3 Å². The lowest BCUT2D eigenvalue weighted by Crippen LogP contribution is -2.42. The Kier molecular flexibility index (Phi) is 3.71. The minimum atomic E-state index is -0.645. The molecule has 5 nitrogen and oxygen atoms in total. The maximum atomic E-state index is 13.8. The topological polar surface area (TPSA) is 50.8 Å². The minimum absolute atomic E-state index is 0.0215. The van der Waals surface area contributed by atoms with Gasteiger partial charge in [0.15, 0.2) is 11.5 Å². The molecule has 3 atom stereocenters. The zero-order valence-corrected chi connectivity index (χ0v) is 16.7. The maximum Gasteiger partial charge on any atom is 0.239 e. The molecule has 0 aliphatic carbocycles. The van der Waals surface area contributed by atoms with E-state index in [0.29, 0.717) is 6.42 Å². The van der Waals surface area contributed by atoms with E-state index in [1.807, 2.05) is 60.5 Å². The van der Waals surface area contributed by atoms with E-state index < -0.39 is 5.41 Å². The summed E-state index contributed by atoms with van der Waals surface area (Å²) in [4.78, 5) is 15.6. The second-order valence-electron chi connectivity index (χ2n) is 8.23.